The van der Waals surface area contributed by atoms with Gasteiger partial charge in [-0.3, -0.25) is 0 Å². The zero-order chi connectivity index (χ0) is 8.97. The number of rotatable bonds is 3. The third-order valence-corrected chi connectivity index (χ3v) is 2.25. The average molecular weight is 251 g/mol. The Labute approximate surface area is 84.7 Å². The van der Waals surface area contributed by atoms with Crippen molar-refractivity contribution in [2.45, 2.75) is 0 Å². The molecule has 0 atom stereocenters. The van der Waals surface area contributed by atoms with E-state index >= 15 is 0 Å². The standard InChI is InChI=1S/C8H9BrClNO/c9-7-5-6(10)1-2-8(7)11-3-4-12/h1-2,5,11-12H,3-4H2. The lowest BCUT2D eigenvalue weighted by Gasteiger charge is -2.06. The lowest BCUT2D eigenvalue weighted by molar-refractivity contribution is 0.311. The number of nitrogens with one attached hydrogen (secondary N) is 1. The fourth-order valence-electron chi connectivity index (χ4n) is 0.823. The molecule has 1 aromatic carbocycles. The van der Waals surface area contributed by atoms with E-state index in [0.717, 1.165) is 10.2 Å². The van der Waals surface area contributed by atoms with Gasteiger partial charge in [-0.05, 0) is 34.1 Å². The van der Waals surface area contributed by atoms with E-state index in [4.69, 9.17) is 16.7 Å². The average Bonchev–Trinajstić information content (AvgIpc) is 2.03. The van der Waals surface area contributed by atoms with Crippen LogP contribution in [0.4, 0.5) is 5.69 Å². The number of aliphatic hydroxyl groups excluding tert-OH is 1. The Bertz CT molecular complexity index is 267. The minimum Gasteiger partial charge on any atom is -0.395 e. The Balaban J connectivity index is 2.72. The van der Waals surface area contributed by atoms with E-state index in [9.17, 15) is 0 Å². The summed E-state index contributed by atoms with van der Waals surface area (Å²) in [6.07, 6.45) is 0. The molecule has 0 aliphatic rings. The van der Waals surface area contributed by atoms with Gasteiger partial charge in [0, 0.05) is 21.7 Å². The fraction of sp³-hybridized carbons (Fsp3) is 0.250. The molecule has 12 heavy (non-hydrogen) atoms. The van der Waals surface area contributed by atoms with E-state index in [0.29, 0.717) is 11.6 Å². The Morgan fingerprint density at radius 3 is 2.83 bits per heavy atom. The summed E-state index contributed by atoms with van der Waals surface area (Å²) in [5, 5.41) is 12.3. The van der Waals surface area contributed by atoms with Gasteiger partial charge in [0.2, 0.25) is 0 Å². The van der Waals surface area contributed by atoms with Crippen LogP contribution in [0.2, 0.25) is 5.02 Å². The molecule has 0 spiro atoms. The smallest absolute Gasteiger partial charge is 0.0604 e. The molecule has 0 amide bonds. The van der Waals surface area contributed by atoms with Crippen LogP contribution >= 0.6 is 27.5 Å². The molecule has 2 nitrogen and oxygen atoms in total. The first-order valence-electron chi connectivity index (χ1n) is 3.54. The Kier molecular flexibility index (Phi) is 3.85. The predicted octanol–water partition coefficient (Wildman–Crippen LogP) is 2.51. The van der Waals surface area contributed by atoms with Gasteiger partial charge in [0.25, 0.3) is 0 Å². The summed E-state index contributed by atoms with van der Waals surface area (Å²) in [6, 6.07) is 5.47. The van der Waals surface area contributed by atoms with E-state index in [1.54, 1.807) is 12.1 Å². The van der Waals surface area contributed by atoms with Crippen molar-refractivity contribution in [2.75, 3.05) is 18.5 Å². The summed E-state index contributed by atoms with van der Waals surface area (Å²) in [5.41, 5.74) is 0.938. The predicted molar refractivity (Wildman–Crippen MR) is 54.7 cm³/mol. The van der Waals surface area contributed by atoms with Gasteiger partial charge in [0.15, 0.2) is 0 Å². The van der Waals surface area contributed by atoms with Gasteiger partial charge in [-0.2, -0.15) is 0 Å². The molecular formula is C8H9BrClNO. The van der Waals surface area contributed by atoms with Crippen molar-refractivity contribution in [1.82, 2.24) is 0 Å². The largest absolute Gasteiger partial charge is 0.395 e. The molecule has 1 aromatic rings. The van der Waals surface area contributed by atoms with Crippen molar-refractivity contribution in [3.63, 3.8) is 0 Å². The monoisotopic (exact) mass is 249 g/mol. The zero-order valence-corrected chi connectivity index (χ0v) is 8.69. The first-order valence-corrected chi connectivity index (χ1v) is 4.71. The van der Waals surface area contributed by atoms with Gasteiger partial charge in [-0.1, -0.05) is 11.6 Å². The maximum atomic E-state index is 8.57. The second-order valence-corrected chi connectivity index (χ2v) is 3.57. The SMILES string of the molecule is OCCNc1ccc(Cl)cc1Br. The van der Waals surface area contributed by atoms with E-state index in [2.05, 4.69) is 21.2 Å². The summed E-state index contributed by atoms with van der Waals surface area (Å²) in [4.78, 5) is 0. The van der Waals surface area contributed by atoms with E-state index in [1.165, 1.54) is 0 Å². The van der Waals surface area contributed by atoms with Crippen LogP contribution in [0.1, 0.15) is 0 Å². The maximum absolute atomic E-state index is 8.57. The topological polar surface area (TPSA) is 32.3 Å². The number of benzene rings is 1. The third-order valence-electron chi connectivity index (χ3n) is 1.36. The van der Waals surface area contributed by atoms with E-state index in [1.807, 2.05) is 6.07 Å². The first-order chi connectivity index (χ1) is 5.74. The number of hydrogen-bond donors (Lipinski definition) is 2. The molecule has 0 heterocycles. The van der Waals surface area contributed by atoms with Gasteiger partial charge < -0.3 is 10.4 Å². The van der Waals surface area contributed by atoms with Crippen LogP contribution in [-0.2, 0) is 0 Å². The maximum Gasteiger partial charge on any atom is 0.0604 e. The molecule has 0 aliphatic carbocycles. The van der Waals surface area contributed by atoms with Crippen LogP contribution in [0, 0.1) is 0 Å². The van der Waals surface area contributed by atoms with E-state index in [-0.39, 0.29) is 6.61 Å². The molecule has 0 unspecified atom stereocenters. The van der Waals surface area contributed by atoms with Gasteiger partial charge in [0.05, 0.1) is 6.61 Å². The molecule has 0 aromatic heterocycles. The molecule has 0 fully saturated rings. The summed E-state index contributed by atoms with van der Waals surface area (Å²) < 4.78 is 0.906. The van der Waals surface area contributed by atoms with Crippen LogP contribution in [0.5, 0.6) is 0 Å². The van der Waals surface area contributed by atoms with Crippen molar-refractivity contribution in [1.29, 1.82) is 0 Å². The van der Waals surface area contributed by atoms with Crippen LogP contribution in [0.15, 0.2) is 22.7 Å². The lowest BCUT2D eigenvalue weighted by atomic mass is 10.3. The number of anilines is 1. The number of halogens is 2. The highest BCUT2D eigenvalue weighted by molar-refractivity contribution is 9.10. The Morgan fingerprint density at radius 2 is 2.25 bits per heavy atom. The van der Waals surface area contributed by atoms with Crippen molar-refractivity contribution in [3.05, 3.63) is 27.7 Å². The molecule has 0 saturated heterocycles. The third kappa shape index (κ3) is 2.66. The van der Waals surface area contributed by atoms with Crippen molar-refractivity contribution in [2.24, 2.45) is 0 Å². The molecular weight excluding hydrogens is 241 g/mol. The molecule has 2 N–H and O–H groups in total. The summed E-state index contributed by atoms with van der Waals surface area (Å²) >= 11 is 9.09. The van der Waals surface area contributed by atoms with Crippen molar-refractivity contribution < 1.29 is 5.11 Å². The quantitative estimate of drug-likeness (QED) is 0.864. The highest BCUT2D eigenvalue weighted by Crippen LogP contribution is 2.25. The molecule has 0 saturated carbocycles. The minimum absolute atomic E-state index is 0.120. The number of aliphatic hydroxyl groups is 1. The molecule has 0 bridgehead atoms. The van der Waals surface area contributed by atoms with Crippen LogP contribution in [0.3, 0.4) is 0 Å². The Morgan fingerprint density at radius 1 is 1.50 bits per heavy atom. The van der Waals surface area contributed by atoms with Crippen molar-refractivity contribution >= 4 is 33.2 Å². The fourth-order valence-corrected chi connectivity index (χ4v) is 1.65. The Hall–Kier alpha value is -0.250. The highest BCUT2D eigenvalue weighted by Gasteiger charge is 1.98. The molecule has 66 valence electrons. The molecule has 0 radical (unpaired) electrons. The molecule has 1 rings (SSSR count). The van der Waals surface area contributed by atoms with Gasteiger partial charge in [0.1, 0.15) is 0 Å². The zero-order valence-electron chi connectivity index (χ0n) is 6.35. The van der Waals surface area contributed by atoms with Gasteiger partial charge >= 0.3 is 0 Å². The van der Waals surface area contributed by atoms with Crippen LogP contribution in [-0.4, -0.2) is 18.3 Å². The van der Waals surface area contributed by atoms with Crippen LogP contribution in [0.25, 0.3) is 0 Å². The number of hydrogen-bond acceptors (Lipinski definition) is 2. The van der Waals surface area contributed by atoms with Crippen LogP contribution < -0.4 is 5.32 Å². The normalized spacial score (nSPS) is 9.92. The molecule has 0 aliphatic heterocycles. The molecule has 4 heteroatoms. The summed E-state index contributed by atoms with van der Waals surface area (Å²) in [6.45, 7) is 0.662. The minimum atomic E-state index is 0.120. The second-order valence-electron chi connectivity index (χ2n) is 2.27. The van der Waals surface area contributed by atoms with Gasteiger partial charge in [-0.15, -0.1) is 0 Å². The highest BCUT2D eigenvalue weighted by atomic mass is 79.9. The first kappa shape index (κ1) is 9.84. The van der Waals surface area contributed by atoms with Gasteiger partial charge in [-0.25, -0.2) is 0 Å². The lowest BCUT2D eigenvalue weighted by Crippen LogP contribution is -2.05. The summed E-state index contributed by atoms with van der Waals surface area (Å²) in [5.74, 6) is 0. The summed E-state index contributed by atoms with van der Waals surface area (Å²) in [7, 11) is 0. The van der Waals surface area contributed by atoms with E-state index < -0.39 is 0 Å². The second kappa shape index (κ2) is 4.70. The van der Waals surface area contributed by atoms with Crippen molar-refractivity contribution in [3.8, 4) is 0 Å².